The lowest BCUT2D eigenvalue weighted by Crippen LogP contribution is -2.30. The van der Waals surface area contributed by atoms with Crippen molar-refractivity contribution in [1.29, 1.82) is 0 Å². The second-order valence-electron chi connectivity index (χ2n) is 7.60. The topological polar surface area (TPSA) is 84.5 Å². The number of rotatable bonds is 4. The van der Waals surface area contributed by atoms with Crippen LogP contribution in [0.2, 0.25) is 0 Å². The van der Waals surface area contributed by atoms with Crippen LogP contribution in [0, 0.1) is 0 Å². The largest absolute Gasteiger partial charge is 0.469 e. The van der Waals surface area contributed by atoms with E-state index in [1.807, 2.05) is 12.1 Å². The SMILES string of the molecule is O=C(NC1CCCc2occc21)c1ccc(C(=O)NC2CCCc3occc32)s1. The van der Waals surface area contributed by atoms with Gasteiger partial charge in [0.25, 0.3) is 11.8 Å². The van der Waals surface area contributed by atoms with Crippen LogP contribution in [0.1, 0.15) is 79.8 Å². The van der Waals surface area contributed by atoms with Gasteiger partial charge in [0.2, 0.25) is 0 Å². The second-order valence-corrected chi connectivity index (χ2v) is 8.68. The first kappa shape index (κ1) is 18.2. The number of fused-ring (bicyclic) bond motifs is 2. The number of hydrogen-bond acceptors (Lipinski definition) is 5. The van der Waals surface area contributed by atoms with Crippen LogP contribution in [0.15, 0.2) is 45.6 Å². The maximum Gasteiger partial charge on any atom is 0.261 e. The monoisotopic (exact) mass is 410 g/mol. The van der Waals surface area contributed by atoms with E-state index in [0.29, 0.717) is 9.75 Å². The lowest BCUT2D eigenvalue weighted by Gasteiger charge is -2.22. The van der Waals surface area contributed by atoms with Gasteiger partial charge in [-0.25, -0.2) is 0 Å². The maximum absolute atomic E-state index is 12.7. The Morgan fingerprint density at radius 1 is 0.793 bits per heavy atom. The summed E-state index contributed by atoms with van der Waals surface area (Å²) in [6, 6.07) is 7.23. The molecule has 2 aliphatic rings. The Labute approximate surface area is 172 Å². The van der Waals surface area contributed by atoms with Gasteiger partial charge in [-0.05, 0) is 49.9 Å². The molecule has 0 fully saturated rings. The number of carbonyl (C=O) groups is 2. The van der Waals surface area contributed by atoms with Gasteiger partial charge in [0.1, 0.15) is 11.5 Å². The van der Waals surface area contributed by atoms with E-state index in [1.54, 1.807) is 24.7 Å². The predicted octanol–water partition coefficient (Wildman–Crippen LogP) is 4.55. The van der Waals surface area contributed by atoms with Crippen LogP contribution < -0.4 is 10.6 Å². The number of amides is 2. The fourth-order valence-corrected chi connectivity index (χ4v) is 5.13. The Morgan fingerprint density at radius 2 is 1.28 bits per heavy atom. The molecule has 0 saturated carbocycles. The molecule has 2 amide bonds. The number of thiophene rings is 1. The molecule has 0 saturated heterocycles. The molecule has 2 atom stereocenters. The summed E-state index contributed by atoms with van der Waals surface area (Å²) >= 11 is 1.22. The zero-order valence-electron chi connectivity index (χ0n) is 15.9. The molecule has 0 aromatic carbocycles. The van der Waals surface area contributed by atoms with Crippen molar-refractivity contribution in [2.45, 2.75) is 50.6 Å². The average Bonchev–Trinajstić information content (AvgIpc) is 3.47. The van der Waals surface area contributed by atoms with E-state index in [1.165, 1.54) is 11.3 Å². The minimum atomic E-state index is -0.150. The predicted molar refractivity (Wildman–Crippen MR) is 108 cm³/mol. The number of furan rings is 2. The molecule has 3 aromatic heterocycles. The molecule has 2 aliphatic carbocycles. The van der Waals surface area contributed by atoms with E-state index in [0.717, 1.165) is 61.2 Å². The lowest BCUT2D eigenvalue weighted by atomic mass is 9.93. The van der Waals surface area contributed by atoms with Gasteiger partial charge >= 0.3 is 0 Å². The quantitative estimate of drug-likeness (QED) is 0.661. The van der Waals surface area contributed by atoms with Gasteiger partial charge in [0, 0.05) is 24.0 Å². The summed E-state index contributed by atoms with van der Waals surface area (Å²) < 4.78 is 11.0. The van der Waals surface area contributed by atoms with Crippen molar-refractivity contribution in [3.63, 3.8) is 0 Å². The van der Waals surface area contributed by atoms with Crippen LogP contribution in [-0.4, -0.2) is 11.8 Å². The van der Waals surface area contributed by atoms with Gasteiger partial charge in [-0.2, -0.15) is 0 Å². The smallest absolute Gasteiger partial charge is 0.261 e. The Bertz CT molecular complexity index is 966. The van der Waals surface area contributed by atoms with Crippen LogP contribution >= 0.6 is 11.3 Å². The van der Waals surface area contributed by atoms with Crippen LogP contribution in [0.3, 0.4) is 0 Å². The minimum absolute atomic E-state index is 0.0360. The zero-order chi connectivity index (χ0) is 19.8. The van der Waals surface area contributed by atoms with Gasteiger partial charge in [0.15, 0.2) is 0 Å². The van der Waals surface area contributed by atoms with Crippen molar-refractivity contribution in [3.05, 3.63) is 69.2 Å². The Kier molecular flexibility index (Phi) is 4.75. The third kappa shape index (κ3) is 3.51. The van der Waals surface area contributed by atoms with Crippen LogP contribution in [0.25, 0.3) is 0 Å². The first-order valence-electron chi connectivity index (χ1n) is 10.0. The van der Waals surface area contributed by atoms with Crippen molar-refractivity contribution in [2.75, 3.05) is 0 Å². The van der Waals surface area contributed by atoms with E-state index in [4.69, 9.17) is 8.83 Å². The van der Waals surface area contributed by atoms with Crippen LogP contribution in [0.4, 0.5) is 0 Å². The van der Waals surface area contributed by atoms with Gasteiger partial charge in [0.05, 0.1) is 34.4 Å². The zero-order valence-corrected chi connectivity index (χ0v) is 16.7. The molecular weight excluding hydrogens is 388 g/mol. The summed E-state index contributed by atoms with van der Waals surface area (Å²) in [5.41, 5.74) is 2.12. The molecule has 3 aromatic rings. The minimum Gasteiger partial charge on any atom is -0.469 e. The molecule has 3 heterocycles. The fraction of sp³-hybridized carbons (Fsp3) is 0.364. The highest BCUT2D eigenvalue weighted by atomic mass is 32.1. The fourth-order valence-electron chi connectivity index (χ4n) is 4.31. The summed E-state index contributed by atoms with van der Waals surface area (Å²) in [6.07, 6.45) is 8.95. The molecule has 2 unspecified atom stereocenters. The molecule has 0 radical (unpaired) electrons. The summed E-state index contributed by atoms with van der Waals surface area (Å²) in [7, 11) is 0. The van der Waals surface area contributed by atoms with Crippen molar-refractivity contribution < 1.29 is 18.4 Å². The maximum atomic E-state index is 12.7. The molecule has 6 nitrogen and oxygen atoms in total. The van der Waals surface area contributed by atoms with Crippen LogP contribution in [0.5, 0.6) is 0 Å². The average molecular weight is 410 g/mol. The number of carbonyl (C=O) groups excluding carboxylic acids is 2. The Morgan fingerprint density at radius 3 is 1.76 bits per heavy atom. The summed E-state index contributed by atoms with van der Waals surface area (Å²) in [4.78, 5) is 26.5. The van der Waals surface area contributed by atoms with E-state index >= 15 is 0 Å². The van der Waals surface area contributed by atoms with Crippen molar-refractivity contribution in [3.8, 4) is 0 Å². The molecule has 7 heteroatoms. The molecule has 150 valence electrons. The molecule has 29 heavy (non-hydrogen) atoms. The van der Waals surface area contributed by atoms with Crippen LogP contribution in [-0.2, 0) is 12.8 Å². The molecular formula is C22H22N2O4S. The molecule has 2 N–H and O–H groups in total. The van der Waals surface area contributed by atoms with Gasteiger partial charge in [-0.1, -0.05) is 0 Å². The summed E-state index contributed by atoms with van der Waals surface area (Å²) in [5.74, 6) is 1.61. The number of nitrogens with one attached hydrogen (secondary N) is 2. The molecule has 0 bridgehead atoms. The van der Waals surface area contributed by atoms with Crippen molar-refractivity contribution >= 4 is 23.2 Å². The highest BCUT2D eigenvalue weighted by molar-refractivity contribution is 7.15. The first-order valence-corrected chi connectivity index (χ1v) is 10.8. The third-order valence-corrected chi connectivity index (χ3v) is 6.85. The number of aryl methyl sites for hydroxylation is 2. The van der Waals surface area contributed by atoms with E-state index in [-0.39, 0.29) is 23.9 Å². The van der Waals surface area contributed by atoms with E-state index in [9.17, 15) is 9.59 Å². The molecule has 0 spiro atoms. The van der Waals surface area contributed by atoms with Gasteiger partial charge in [-0.15, -0.1) is 11.3 Å². The summed E-state index contributed by atoms with van der Waals surface area (Å²) in [5, 5.41) is 6.18. The molecule has 5 rings (SSSR count). The highest BCUT2D eigenvalue weighted by Gasteiger charge is 2.27. The third-order valence-electron chi connectivity index (χ3n) is 5.77. The highest BCUT2D eigenvalue weighted by Crippen LogP contribution is 2.32. The second kappa shape index (κ2) is 7.55. The van der Waals surface area contributed by atoms with Crippen molar-refractivity contribution in [1.82, 2.24) is 10.6 Å². The first-order chi connectivity index (χ1) is 14.2. The van der Waals surface area contributed by atoms with Crippen molar-refractivity contribution in [2.24, 2.45) is 0 Å². The van der Waals surface area contributed by atoms with Gasteiger partial charge in [-0.3, -0.25) is 9.59 Å². The standard InChI is InChI=1S/C22H22N2O4S/c25-21(23-15-3-1-5-17-13(15)9-11-27-17)19-7-8-20(29-19)22(26)24-16-4-2-6-18-14(16)10-12-28-18/h7-12,15-16H,1-6H2,(H,23,25)(H,24,26). The normalized spacial score (nSPS) is 20.6. The molecule has 0 aliphatic heterocycles. The Hall–Kier alpha value is -2.80. The lowest BCUT2D eigenvalue weighted by molar-refractivity contribution is 0.0929. The van der Waals surface area contributed by atoms with Gasteiger partial charge < -0.3 is 19.5 Å². The van der Waals surface area contributed by atoms with E-state index in [2.05, 4.69) is 10.6 Å². The summed E-state index contributed by atoms with van der Waals surface area (Å²) in [6.45, 7) is 0. The number of hydrogen-bond donors (Lipinski definition) is 2. The Balaban J connectivity index is 1.25. The van der Waals surface area contributed by atoms with E-state index < -0.39 is 0 Å².